The predicted molar refractivity (Wildman–Crippen MR) is 68.7 cm³/mol. The van der Waals surface area contributed by atoms with Crippen LogP contribution in [-0.2, 0) is 0 Å². The quantitative estimate of drug-likeness (QED) is 0.860. The lowest BCUT2D eigenvalue weighted by Crippen LogP contribution is -2.37. The number of ketones is 1. The molecule has 4 heteroatoms. The lowest BCUT2D eigenvalue weighted by atomic mass is 10.1. The third-order valence-electron chi connectivity index (χ3n) is 1.92. The van der Waals surface area contributed by atoms with Crippen molar-refractivity contribution >= 4 is 33.0 Å². The van der Waals surface area contributed by atoms with Crippen LogP contribution in [0.25, 0.3) is 0 Å². The molecule has 0 bridgehead atoms. The SMILES string of the molecule is CC(C)(C)NCCC(=O)c1cscc1Br. The Morgan fingerprint density at radius 3 is 2.60 bits per heavy atom. The summed E-state index contributed by atoms with van der Waals surface area (Å²) in [7, 11) is 0. The van der Waals surface area contributed by atoms with Gasteiger partial charge in [-0.25, -0.2) is 0 Å². The van der Waals surface area contributed by atoms with Gasteiger partial charge in [0.25, 0.3) is 0 Å². The molecule has 0 radical (unpaired) electrons. The Labute approximate surface area is 103 Å². The number of Topliss-reactive ketones (excluding diaryl/α,β-unsaturated/α-hetero) is 1. The van der Waals surface area contributed by atoms with Crippen LogP contribution in [0.4, 0.5) is 0 Å². The summed E-state index contributed by atoms with van der Waals surface area (Å²) in [6.07, 6.45) is 0.548. The van der Waals surface area contributed by atoms with E-state index < -0.39 is 0 Å². The first-order valence-corrected chi connectivity index (χ1v) is 6.63. The molecular weight excluding hydrogens is 274 g/mol. The minimum Gasteiger partial charge on any atom is -0.312 e. The van der Waals surface area contributed by atoms with Gasteiger partial charge in [-0.05, 0) is 36.7 Å². The van der Waals surface area contributed by atoms with Crippen molar-refractivity contribution < 1.29 is 4.79 Å². The zero-order chi connectivity index (χ0) is 11.5. The average Bonchev–Trinajstić information content (AvgIpc) is 2.48. The van der Waals surface area contributed by atoms with E-state index in [1.807, 2.05) is 10.8 Å². The van der Waals surface area contributed by atoms with E-state index in [0.29, 0.717) is 6.42 Å². The topological polar surface area (TPSA) is 29.1 Å². The molecule has 0 unspecified atom stereocenters. The first-order chi connectivity index (χ1) is 6.90. The number of carbonyl (C=O) groups is 1. The summed E-state index contributed by atoms with van der Waals surface area (Å²) in [5, 5.41) is 7.13. The molecule has 0 atom stereocenters. The Hall–Kier alpha value is -0.190. The van der Waals surface area contributed by atoms with E-state index in [9.17, 15) is 4.79 Å². The average molecular weight is 290 g/mol. The summed E-state index contributed by atoms with van der Waals surface area (Å²) in [6.45, 7) is 7.01. The minimum atomic E-state index is 0.0756. The van der Waals surface area contributed by atoms with Crippen LogP contribution in [-0.4, -0.2) is 17.9 Å². The van der Waals surface area contributed by atoms with E-state index in [0.717, 1.165) is 16.6 Å². The van der Waals surface area contributed by atoms with Gasteiger partial charge in [-0.2, -0.15) is 11.3 Å². The van der Waals surface area contributed by atoms with Crippen molar-refractivity contribution in [1.82, 2.24) is 5.32 Å². The molecule has 1 aromatic rings. The van der Waals surface area contributed by atoms with E-state index >= 15 is 0 Å². The fraction of sp³-hybridized carbons (Fsp3) is 0.545. The van der Waals surface area contributed by atoms with Crippen LogP contribution in [0.2, 0.25) is 0 Å². The van der Waals surface area contributed by atoms with Crippen LogP contribution >= 0.6 is 27.3 Å². The second kappa shape index (κ2) is 5.23. The lowest BCUT2D eigenvalue weighted by Gasteiger charge is -2.19. The second-order valence-electron chi connectivity index (χ2n) is 4.48. The molecule has 1 rings (SSSR count). The van der Waals surface area contributed by atoms with Crippen molar-refractivity contribution in [2.45, 2.75) is 32.7 Å². The summed E-state index contributed by atoms with van der Waals surface area (Å²) < 4.78 is 0.910. The molecule has 0 spiro atoms. The number of thiophene rings is 1. The molecule has 1 aromatic heterocycles. The molecule has 0 fully saturated rings. The minimum absolute atomic E-state index is 0.0756. The molecule has 1 heterocycles. The van der Waals surface area contributed by atoms with Gasteiger partial charge in [-0.15, -0.1) is 0 Å². The highest BCUT2D eigenvalue weighted by molar-refractivity contribution is 9.10. The summed E-state index contributed by atoms with van der Waals surface area (Å²) in [4.78, 5) is 11.7. The van der Waals surface area contributed by atoms with Crippen LogP contribution in [0.15, 0.2) is 15.2 Å². The van der Waals surface area contributed by atoms with E-state index in [4.69, 9.17) is 0 Å². The first kappa shape index (κ1) is 12.9. The van der Waals surface area contributed by atoms with Crippen LogP contribution in [0.5, 0.6) is 0 Å². The highest BCUT2D eigenvalue weighted by Gasteiger charge is 2.13. The van der Waals surface area contributed by atoms with Crippen molar-refractivity contribution in [2.75, 3.05) is 6.54 Å². The van der Waals surface area contributed by atoms with Gasteiger partial charge in [0, 0.05) is 39.3 Å². The molecule has 0 saturated heterocycles. The van der Waals surface area contributed by atoms with Gasteiger partial charge >= 0.3 is 0 Å². The molecule has 2 nitrogen and oxygen atoms in total. The molecule has 0 aliphatic carbocycles. The highest BCUT2D eigenvalue weighted by Crippen LogP contribution is 2.22. The highest BCUT2D eigenvalue weighted by atomic mass is 79.9. The Balaban J connectivity index is 2.41. The fourth-order valence-electron chi connectivity index (χ4n) is 1.17. The van der Waals surface area contributed by atoms with Crippen LogP contribution in [0.1, 0.15) is 37.6 Å². The Kier molecular flexibility index (Phi) is 4.49. The Morgan fingerprint density at radius 2 is 2.13 bits per heavy atom. The van der Waals surface area contributed by atoms with Crippen molar-refractivity contribution in [1.29, 1.82) is 0 Å². The largest absolute Gasteiger partial charge is 0.312 e. The number of hydrogen-bond donors (Lipinski definition) is 1. The standard InChI is InChI=1S/C11H16BrNOS/c1-11(2,3)13-5-4-10(14)8-6-15-7-9(8)12/h6-7,13H,4-5H2,1-3H3. The number of nitrogens with one attached hydrogen (secondary N) is 1. The number of halogens is 1. The molecule has 0 amide bonds. The zero-order valence-corrected chi connectivity index (χ0v) is 11.7. The third kappa shape index (κ3) is 4.45. The first-order valence-electron chi connectivity index (χ1n) is 4.90. The molecule has 0 aromatic carbocycles. The van der Waals surface area contributed by atoms with Crippen LogP contribution in [0, 0.1) is 0 Å². The summed E-state index contributed by atoms with van der Waals surface area (Å²) in [6, 6.07) is 0. The van der Waals surface area contributed by atoms with E-state index in [2.05, 4.69) is 42.0 Å². The van der Waals surface area contributed by atoms with Crippen LogP contribution < -0.4 is 5.32 Å². The van der Waals surface area contributed by atoms with Gasteiger partial charge in [0.1, 0.15) is 0 Å². The number of rotatable bonds is 4. The molecule has 0 aliphatic rings. The maximum atomic E-state index is 11.7. The lowest BCUT2D eigenvalue weighted by molar-refractivity contribution is 0.0980. The van der Waals surface area contributed by atoms with Gasteiger partial charge in [0.2, 0.25) is 0 Å². The van der Waals surface area contributed by atoms with E-state index in [-0.39, 0.29) is 11.3 Å². The molecule has 0 saturated carbocycles. The van der Waals surface area contributed by atoms with Gasteiger partial charge in [-0.1, -0.05) is 0 Å². The number of carbonyl (C=O) groups excluding carboxylic acids is 1. The van der Waals surface area contributed by atoms with Gasteiger partial charge in [-0.3, -0.25) is 4.79 Å². The Morgan fingerprint density at radius 1 is 1.47 bits per heavy atom. The van der Waals surface area contributed by atoms with Crippen molar-refractivity contribution in [3.05, 3.63) is 20.8 Å². The second-order valence-corrected chi connectivity index (χ2v) is 6.08. The summed E-state index contributed by atoms with van der Waals surface area (Å²) in [5.74, 6) is 0.194. The normalized spacial score (nSPS) is 11.7. The monoisotopic (exact) mass is 289 g/mol. The van der Waals surface area contributed by atoms with Gasteiger partial charge in [0.05, 0.1) is 0 Å². The molecule has 1 N–H and O–H groups in total. The summed E-state index contributed by atoms with van der Waals surface area (Å²) >= 11 is 4.91. The smallest absolute Gasteiger partial charge is 0.166 e. The van der Waals surface area contributed by atoms with Gasteiger partial charge in [0.15, 0.2) is 5.78 Å². The maximum absolute atomic E-state index is 11.7. The van der Waals surface area contributed by atoms with Crippen LogP contribution in [0.3, 0.4) is 0 Å². The molecular formula is C11H16BrNOS. The molecule has 84 valence electrons. The third-order valence-corrected chi connectivity index (χ3v) is 3.63. The van der Waals surface area contributed by atoms with Gasteiger partial charge < -0.3 is 5.32 Å². The molecule has 0 aliphatic heterocycles. The van der Waals surface area contributed by atoms with Crippen molar-refractivity contribution in [2.24, 2.45) is 0 Å². The van der Waals surface area contributed by atoms with Crippen molar-refractivity contribution in [3.63, 3.8) is 0 Å². The number of hydrogen-bond acceptors (Lipinski definition) is 3. The maximum Gasteiger partial charge on any atom is 0.166 e. The predicted octanol–water partition coefficient (Wildman–Crippen LogP) is 3.47. The fourth-order valence-corrected chi connectivity index (χ4v) is 2.69. The zero-order valence-electron chi connectivity index (χ0n) is 9.26. The van der Waals surface area contributed by atoms with Crippen molar-refractivity contribution in [3.8, 4) is 0 Å². The van der Waals surface area contributed by atoms with E-state index in [1.165, 1.54) is 0 Å². The summed E-state index contributed by atoms with van der Waals surface area (Å²) in [5.41, 5.74) is 0.877. The molecule has 15 heavy (non-hydrogen) atoms. The van der Waals surface area contributed by atoms with E-state index in [1.54, 1.807) is 11.3 Å². The Bertz CT molecular complexity index is 341.